The molecule has 7 heteroatoms. The van der Waals surface area contributed by atoms with Crippen molar-refractivity contribution in [2.75, 3.05) is 47.0 Å². The van der Waals surface area contributed by atoms with Gasteiger partial charge in [0.1, 0.15) is 11.5 Å². The third kappa shape index (κ3) is 5.30. The van der Waals surface area contributed by atoms with Crippen LogP contribution in [0, 0.1) is 5.92 Å². The van der Waals surface area contributed by atoms with Gasteiger partial charge in [-0.2, -0.15) is 0 Å². The molecule has 2 heterocycles. The highest BCUT2D eigenvalue weighted by Crippen LogP contribution is 2.47. The minimum atomic E-state index is -0.437. The van der Waals surface area contributed by atoms with Crippen LogP contribution in [0.15, 0.2) is 42.5 Å². The molecule has 0 radical (unpaired) electrons. The molecule has 3 atom stereocenters. The number of carbonyl (C=O) groups excluding carboxylic acids is 2. The lowest BCUT2D eigenvalue weighted by Gasteiger charge is -2.29. The molecule has 0 unspecified atom stereocenters. The summed E-state index contributed by atoms with van der Waals surface area (Å²) in [6.07, 6.45) is 1.77. The van der Waals surface area contributed by atoms with Crippen LogP contribution in [0.25, 0.3) is 0 Å². The van der Waals surface area contributed by atoms with Gasteiger partial charge in [-0.1, -0.05) is 31.2 Å². The number of rotatable bonds is 9. The number of amides is 1. The normalized spacial score (nSPS) is 21.3. The second-order valence-corrected chi connectivity index (χ2v) is 9.31. The second-order valence-electron chi connectivity index (χ2n) is 9.31. The van der Waals surface area contributed by atoms with E-state index in [4.69, 9.17) is 14.2 Å². The van der Waals surface area contributed by atoms with E-state index in [1.54, 1.807) is 12.0 Å². The van der Waals surface area contributed by atoms with Gasteiger partial charge in [0.15, 0.2) is 0 Å². The van der Waals surface area contributed by atoms with Crippen LogP contribution in [0.3, 0.4) is 0 Å². The zero-order valence-electron chi connectivity index (χ0n) is 21.2. The fraction of sp³-hybridized carbons (Fsp3) is 0.500. The van der Waals surface area contributed by atoms with Crippen LogP contribution < -0.4 is 9.47 Å². The molecule has 0 aliphatic carbocycles. The van der Waals surface area contributed by atoms with E-state index in [-0.39, 0.29) is 30.4 Å². The van der Waals surface area contributed by atoms with Gasteiger partial charge in [-0.15, -0.1) is 0 Å². The Morgan fingerprint density at radius 3 is 2.54 bits per heavy atom. The Bertz CT molecular complexity index is 1040. The summed E-state index contributed by atoms with van der Waals surface area (Å²) in [4.78, 5) is 30.5. The topological polar surface area (TPSA) is 68.3 Å². The predicted octanol–water partition coefficient (Wildman–Crippen LogP) is 3.82. The zero-order valence-corrected chi connectivity index (χ0v) is 21.2. The van der Waals surface area contributed by atoms with Gasteiger partial charge in [-0.3, -0.25) is 14.5 Å². The van der Waals surface area contributed by atoms with Gasteiger partial charge in [0.05, 0.1) is 32.8 Å². The smallest absolute Gasteiger partial charge is 0.311 e. The van der Waals surface area contributed by atoms with Crippen molar-refractivity contribution in [1.29, 1.82) is 0 Å². The Morgan fingerprint density at radius 2 is 1.86 bits per heavy atom. The van der Waals surface area contributed by atoms with E-state index in [0.717, 1.165) is 35.5 Å². The first-order chi connectivity index (χ1) is 17.0. The highest BCUT2D eigenvalue weighted by atomic mass is 16.5. The second kappa shape index (κ2) is 11.1. The molecule has 7 nitrogen and oxygen atoms in total. The van der Waals surface area contributed by atoms with Crippen molar-refractivity contribution in [2.24, 2.45) is 5.92 Å². The van der Waals surface area contributed by atoms with Gasteiger partial charge >= 0.3 is 5.97 Å². The van der Waals surface area contributed by atoms with E-state index in [1.165, 1.54) is 5.56 Å². The van der Waals surface area contributed by atoms with Crippen molar-refractivity contribution in [3.05, 3.63) is 59.2 Å². The highest BCUT2D eigenvalue weighted by molar-refractivity contribution is 5.79. The first-order valence-electron chi connectivity index (χ1n) is 12.5. The number of hydrogen-bond acceptors (Lipinski definition) is 6. The quantitative estimate of drug-likeness (QED) is 0.509. The molecule has 0 spiro atoms. The third-order valence-electron chi connectivity index (χ3n) is 7.08. The molecule has 2 aromatic rings. The summed E-state index contributed by atoms with van der Waals surface area (Å²) in [5.41, 5.74) is 3.23. The van der Waals surface area contributed by atoms with E-state index in [1.807, 2.05) is 44.3 Å². The largest absolute Gasteiger partial charge is 0.497 e. The molecule has 0 aromatic heterocycles. The van der Waals surface area contributed by atoms with Crippen LogP contribution >= 0.6 is 0 Å². The molecule has 188 valence electrons. The minimum Gasteiger partial charge on any atom is -0.497 e. The van der Waals surface area contributed by atoms with Crippen molar-refractivity contribution in [1.82, 2.24) is 9.80 Å². The lowest BCUT2D eigenvalue weighted by molar-refractivity contribution is -0.149. The molecule has 1 saturated heterocycles. The fourth-order valence-electron chi connectivity index (χ4n) is 5.35. The summed E-state index contributed by atoms with van der Waals surface area (Å²) in [5.74, 6) is 0.950. The van der Waals surface area contributed by atoms with Gasteiger partial charge in [0, 0.05) is 38.5 Å². The Hall–Kier alpha value is -3.06. The number of likely N-dealkylation sites (N-methyl/N-ethyl adjacent to an activating group) is 1. The monoisotopic (exact) mass is 480 g/mol. The van der Waals surface area contributed by atoms with E-state index < -0.39 is 5.92 Å². The number of methoxy groups -OCH3 is 1. The SMILES string of the molecule is CCCN(C)C(=O)CN1C[C@H](c2ccc3c(c2)CCO3)[C@@H](C(=O)OCC)[C@@H]1c1ccc(OC)cc1. The average Bonchev–Trinajstić information content (AvgIpc) is 3.48. The maximum atomic E-state index is 13.4. The first-order valence-corrected chi connectivity index (χ1v) is 12.5. The van der Waals surface area contributed by atoms with Gasteiger partial charge in [0.2, 0.25) is 5.91 Å². The van der Waals surface area contributed by atoms with Crippen molar-refractivity contribution in [2.45, 2.75) is 38.6 Å². The lowest BCUT2D eigenvalue weighted by Crippen LogP contribution is -2.39. The maximum absolute atomic E-state index is 13.4. The fourth-order valence-corrected chi connectivity index (χ4v) is 5.35. The van der Waals surface area contributed by atoms with Crippen LogP contribution in [0.2, 0.25) is 0 Å². The van der Waals surface area contributed by atoms with Crippen LogP contribution in [0.5, 0.6) is 11.5 Å². The van der Waals surface area contributed by atoms with Crippen molar-refractivity contribution in [3.8, 4) is 11.5 Å². The number of likely N-dealkylation sites (tertiary alicyclic amines) is 1. The van der Waals surface area contributed by atoms with Gasteiger partial charge in [0.25, 0.3) is 0 Å². The number of benzene rings is 2. The summed E-state index contributed by atoms with van der Waals surface area (Å²) in [7, 11) is 3.47. The molecule has 35 heavy (non-hydrogen) atoms. The Morgan fingerprint density at radius 1 is 1.11 bits per heavy atom. The maximum Gasteiger partial charge on any atom is 0.311 e. The van der Waals surface area contributed by atoms with Gasteiger partial charge in [-0.25, -0.2) is 0 Å². The molecule has 0 N–H and O–H groups in total. The van der Waals surface area contributed by atoms with E-state index in [2.05, 4.69) is 24.0 Å². The van der Waals surface area contributed by atoms with Crippen molar-refractivity contribution in [3.63, 3.8) is 0 Å². The third-order valence-corrected chi connectivity index (χ3v) is 7.08. The van der Waals surface area contributed by atoms with Gasteiger partial charge < -0.3 is 19.1 Å². The summed E-state index contributed by atoms with van der Waals surface area (Å²) in [5, 5.41) is 0. The summed E-state index contributed by atoms with van der Waals surface area (Å²) in [6, 6.07) is 13.7. The lowest BCUT2D eigenvalue weighted by atomic mass is 9.82. The van der Waals surface area contributed by atoms with E-state index >= 15 is 0 Å². The van der Waals surface area contributed by atoms with Gasteiger partial charge in [-0.05, 0) is 48.2 Å². The Balaban J connectivity index is 1.74. The average molecular weight is 481 g/mol. The molecular formula is C28H36N2O5. The molecule has 1 amide bonds. The Labute approximate surface area is 207 Å². The standard InChI is InChI=1S/C28H36N2O5/c1-5-14-29(3)25(31)18-30-17-23(20-9-12-24-21(16-20)13-15-35-24)26(28(32)34-6-2)27(30)19-7-10-22(33-4)11-8-19/h7-12,16,23,26-27H,5-6,13-15,17-18H2,1-4H3/t23-,26-,27+/m1/s1. The van der Waals surface area contributed by atoms with E-state index in [0.29, 0.717) is 26.3 Å². The molecule has 2 aromatic carbocycles. The number of hydrogen-bond donors (Lipinski definition) is 0. The molecule has 2 aliphatic rings. The Kier molecular flexibility index (Phi) is 7.96. The summed E-state index contributed by atoms with van der Waals surface area (Å²) < 4.78 is 16.6. The predicted molar refractivity (Wildman–Crippen MR) is 134 cm³/mol. The number of ether oxygens (including phenoxy) is 3. The van der Waals surface area contributed by atoms with Crippen LogP contribution in [0.4, 0.5) is 0 Å². The van der Waals surface area contributed by atoms with Crippen molar-refractivity contribution >= 4 is 11.9 Å². The van der Waals surface area contributed by atoms with Crippen molar-refractivity contribution < 1.29 is 23.8 Å². The molecular weight excluding hydrogens is 444 g/mol. The molecule has 1 fully saturated rings. The molecule has 0 bridgehead atoms. The molecule has 0 saturated carbocycles. The number of esters is 1. The number of nitrogens with zero attached hydrogens (tertiary/aromatic N) is 2. The first kappa shape index (κ1) is 25.0. The number of carbonyl (C=O) groups is 2. The van der Waals surface area contributed by atoms with Crippen LogP contribution in [-0.4, -0.2) is 68.7 Å². The zero-order chi connectivity index (χ0) is 24.9. The molecule has 4 rings (SSSR count). The summed E-state index contributed by atoms with van der Waals surface area (Å²) >= 11 is 0. The minimum absolute atomic E-state index is 0.0518. The number of fused-ring (bicyclic) bond motifs is 1. The van der Waals surface area contributed by atoms with Crippen LogP contribution in [0.1, 0.15) is 48.9 Å². The molecule has 2 aliphatic heterocycles. The van der Waals surface area contributed by atoms with Crippen LogP contribution in [-0.2, 0) is 20.7 Å². The van der Waals surface area contributed by atoms with E-state index in [9.17, 15) is 9.59 Å². The summed E-state index contributed by atoms with van der Waals surface area (Å²) in [6.45, 7) is 6.42. The highest BCUT2D eigenvalue weighted by Gasteiger charge is 2.48.